The molecule has 1 aromatic rings. The lowest BCUT2D eigenvalue weighted by atomic mass is 10.1. The Morgan fingerprint density at radius 1 is 1.35 bits per heavy atom. The van der Waals surface area contributed by atoms with Gasteiger partial charge < -0.3 is 0 Å². The van der Waals surface area contributed by atoms with Gasteiger partial charge >= 0.3 is 6.18 Å². The number of hydrogen-bond donors (Lipinski definition) is 1. The maximum Gasteiger partial charge on any atom is 0.416 e. The first kappa shape index (κ1) is 17.3. The summed E-state index contributed by atoms with van der Waals surface area (Å²) in [4.78, 5) is -0.367. The van der Waals surface area contributed by atoms with Crippen molar-refractivity contribution in [2.24, 2.45) is 0 Å². The lowest BCUT2D eigenvalue weighted by molar-refractivity contribution is -0.138. The molecule has 1 rings (SSSR count). The first-order chi connectivity index (χ1) is 9.09. The molecule has 1 N–H and O–H groups in total. The highest BCUT2D eigenvalue weighted by atomic mass is 35.5. The van der Waals surface area contributed by atoms with Gasteiger partial charge in [0, 0.05) is 11.9 Å². The van der Waals surface area contributed by atoms with E-state index in [0.717, 1.165) is 25.1 Å². The van der Waals surface area contributed by atoms with Gasteiger partial charge in [0.25, 0.3) is 0 Å². The molecule has 0 spiro atoms. The maximum absolute atomic E-state index is 12.8. The van der Waals surface area contributed by atoms with E-state index in [4.69, 9.17) is 11.6 Å². The number of nitrogens with one attached hydrogen (secondary N) is 1. The molecule has 0 heterocycles. The number of rotatable bonds is 5. The topological polar surface area (TPSA) is 46.2 Å². The zero-order valence-corrected chi connectivity index (χ0v) is 12.5. The molecule has 0 aromatic heterocycles. The third-order valence-electron chi connectivity index (χ3n) is 2.78. The minimum atomic E-state index is -4.59. The van der Waals surface area contributed by atoms with Gasteiger partial charge in [-0.15, -0.1) is 11.6 Å². The molecule has 1 atom stereocenters. The molecule has 0 bridgehead atoms. The van der Waals surface area contributed by atoms with Gasteiger partial charge in [0.1, 0.15) is 0 Å². The molecule has 114 valence electrons. The molecule has 1 unspecified atom stereocenters. The normalized spacial score (nSPS) is 14.3. The summed E-state index contributed by atoms with van der Waals surface area (Å²) >= 11 is 5.50. The van der Waals surface area contributed by atoms with Gasteiger partial charge in [0.2, 0.25) is 10.0 Å². The van der Waals surface area contributed by atoms with E-state index in [1.165, 1.54) is 0 Å². The predicted molar refractivity (Wildman–Crippen MR) is 71.3 cm³/mol. The summed E-state index contributed by atoms with van der Waals surface area (Å²) in [5, 5.41) is 0. The van der Waals surface area contributed by atoms with Crippen molar-refractivity contribution in [2.75, 3.05) is 5.88 Å². The van der Waals surface area contributed by atoms with E-state index in [0.29, 0.717) is 6.42 Å². The number of hydrogen-bond acceptors (Lipinski definition) is 2. The van der Waals surface area contributed by atoms with Gasteiger partial charge in [-0.1, -0.05) is 6.07 Å². The summed E-state index contributed by atoms with van der Waals surface area (Å²) in [6.07, 6.45) is -4.20. The Morgan fingerprint density at radius 2 is 1.95 bits per heavy atom. The Morgan fingerprint density at radius 3 is 2.45 bits per heavy atom. The van der Waals surface area contributed by atoms with E-state index in [1.54, 1.807) is 6.92 Å². The number of alkyl halides is 4. The molecule has 0 saturated carbocycles. The molecule has 0 saturated heterocycles. The van der Waals surface area contributed by atoms with Gasteiger partial charge in [0.15, 0.2) is 0 Å². The van der Waals surface area contributed by atoms with Gasteiger partial charge in [-0.2, -0.15) is 13.2 Å². The molecule has 0 amide bonds. The average Bonchev–Trinajstić information content (AvgIpc) is 2.26. The van der Waals surface area contributed by atoms with E-state index in [2.05, 4.69) is 4.72 Å². The maximum atomic E-state index is 12.8. The number of halogens is 4. The zero-order valence-electron chi connectivity index (χ0n) is 11.0. The van der Waals surface area contributed by atoms with Crippen molar-refractivity contribution in [1.82, 2.24) is 4.72 Å². The van der Waals surface area contributed by atoms with Crippen LogP contribution >= 0.6 is 11.6 Å². The summed E-state index contributed by atoms with van der Waals surface area (Å²) in [6, 6.07) is 2.64. The van der Waals surface area contributed by atoms with Crippen molar-refractivity contribution in [1.29, 1.82) is 0 Å². The highest BCUT2D eigenvalue weighted by molar-refractivity contribution is 7.89. The molecule has 20 heavy (non-hydrogen) atoms. The standard InChI is InChI=1S/C12H15ClF3NO2S/c1-8(6-7-13)17-20(18,19)11-5-3-4-10(9(11)2)12(14,15)16/h3-5,8,17H,6-7H2,1-2H3. The Bertz CT molecular complexity index is 573. The Hall–Kier alpha value is -0.790. The van der Waals surface area contributed by atoms with Gasteiger partial charge in [0.05, 0.1) is 10.5 Å². The Balaban J connectivity index is 3.20. The molecular weight excluding hydrogens is 315 g/mol. The van der Waals surface area contributed by atoms with Crippen molar-refractivity contribution >= 4 is 21.6 Å². The van der Waals surface area contributed by atoms with Gasteiger partial charge in [-0.3, -0.25) is 0 Å². The lowest BCUT2D eigenvalue weighted by Gasteiger charge is -2.17. The van der Waals surface area contributed by atoms with Crippen LogP contribution < -0.4 is 4.72 Å². The fourth-order valence-electron chi connectivity index (χ4n) is 1.76. The number of benzene rings is 1. The smallest absolute Gasteiger partial charge is 0.208 e. The highest BCUT2D eigenvalue weighted by Crippen LogP contribution is 2.34. The van der Waals surface area contributed by atoms with E-state index in [9.17, 15) is 21.6 Å². The average molecular weight is 330 g/mol. The lowest BCUT2D eigenvalue weighted by Crippen LogP contribution is -2.33. The van der Waals surface area contributed by atoms with Crippen molar-refractivity contribution in [3.63, 3.8) is 0 Å². The summed E-state index contributed by atoms with van der Waals surface area (Å²) in [5.74, 6) is 0.255. The van der Waals surface area contributed by atoms with Crippen LogP contribution in [0, 0.1) is 6.92 Å². The number of sulfonamides is 1. The molecule has 1 aromatic carbocycles. The third kappa shape index (κ3) is 4.10. The van der Waals surface area contributed by atoms with Gasteiger partial charge in [-0.05, 0) is 38.0 Å². The molecule has 0 radical (unpaired) electrons. The summed E-state index contributed by atoms with van der Waals surface area (Å²) < 4.78 is 64.8. The summed E-state index contributed by atoms with van der Waals surface area (Å²) in [5.41, 5.74) is -1.27. The highest BCUT2D eigenvalue weighted by Gasteiger charge is 2.34. The van der Waals surface area contributed by atoms with Crippen LogP contribution in [0.15, 0.2) is 23.1 Å². The van der Waals surface area contributed by atoms with Crippen LogP contribution in [0.1, 0.15) is 24.5 Å². The minimum absolute atomic E-state index is 0.255. The zero-order chi connectivity index (χ0) is 15.6. The first-order valence-corrected chi connectivity index (χ1v) is 7.86. The second kappa shape index (κ2) is 6.32. The molecule has 0 aliphatic carbocycles. The van der Waals surface area contributed by atoms with E-state index in [-0.39, 0.29) is 16.3 Å². The van der Waals surface area contributed by atoms with E-state index >= 15 is 0 Å². The van der Waals surface area contributed by atoms with Crippen LogP contribution in [-0.4, -0.2) is 20.3 Å². The Kier molecular flexibility index (Phi) is 5.46. The quantitative estimate of drug-likeness (QED) is 0.842. The van der Waals surface area contributed by atoms with Crippen LogP contribution in [0.5, 0.6) is 0 Å². The summed E-state index contributed by atoms with van der Waals surface area (Å²) in [6.45, 7) is 2.74. The second-order valence-electron chi connectivity index (χ2n) is 4.43. The van der Waals surface area contributed by atoms with Crippen molar-refractivity contribution in [2.45, 2.75) is 37.4 Å². The SMILES string of the molecule is Cc1c(C(F)(F)F)cccc1S(=O)(=O)NC(C)CCCl. The second-order valence-corrected chi connectivity index (χ2v) is 6.49. The van der Waals surface area contributed by atoms with Gasteiger partial charge in [-0.25, -0.2) is 13.1 Å². The van der Waals surface area contributed by atoms with E-state index < -0.39 is 27.8 Å². The van der Waals surface area contributed by atoms with E-state index in [1.807, 2.05) is 0 Å². The van der Waals surface area contributed by atoms with Crippen molar-refractivity contribution < 1.29 is 21.6 Å². The van der Waals surface area contributed by atoms with Crippen LogP contribution in [0.4, 0.5) is 13.2 Å². The molecule has 0 fully saturated rings. The molecular formula is C12H15ClF3NO2S. The monoisotopic (exact) mass is 329 g/mol. The predicted octanol–water partition coefficient (Wildman–Crippen LogP) is 3.31. The van der Waals surface area contributed by atoms with Crippen molar-refractivity contribution in [3.05, 3.63) is 29.3 Å². The van der Waals surface area contributed by atoms with Crippen LogP contribution in [-0.2, 0) is 16.2 Å². The van der Waals surface area contributed by atoms with Crippen LogP contribution in [0.25, 0.3) is 0 Å². The fraction of sp³-hybridized carbons (Fsp3) is 0.500. The van der Waals surface area contributed by atoms with Crippen LogP contribution in [0.2, 0.25) is 0 Å². The first-order valence-electron chi connectivity index (χ1n) is 5.84. The molecule has 0 aliphatic heterocycles. The molecule has 8 heteroatoms. The fourth-order valence-corrected chi connectivity index (χ4v) is 3.64. The third-order valence-corrected chi connectivity index (χ3v) is 4.73. The summed E-state index contributed by atoms with van der Waals surface area (Å²) in [7, 11) is -4.00. The molecule has 3 nitrogen and oxygen atoms in total. The minimum Gasteiger partial charge on any atom is -0.208 e. The largest absolute Gasteiger partial charge is 0.416 e. The Labute approximate surface area is 121 Å². The van der Waals surface area contributed by atoms with Crippen molar-refractivity contribution in [3.8, 4) is 0 Å². The molecule has 0 aliphatic rings. The van der Waals surface area contributed by atoms with Crippen LogP contribution in [0.3, 0.4) is 0 Å².